The van der Waals surface area contributed by atoms with Crippen molar-refractivity contribution < 1.29 is 8.78 Å². The minimum atomic E-state index is -0.573. The number of hydrogen-bond acceptors (Lipinski definition) is 2. The number of rotatable bonds is 2. The molecule has 2 nitrogen and oxygen atoms in total. The summed E-state index contributed by atoms with van der Waals surface area (Å²) in [6.45, 7) is 0. The average molecular weight is 299 g/mol. The zero-order valence-electron chi connectivity index (χ0n) is 9.35. The topological polar surface area (TPSA) is 35.8 Å². The maximum Gasteiger partial charge on any atom is 0.126 e. The molecule has 0 aromatic heterocycles. The molecule has 0 unspecified atom stereocenters. The molecule has 0 heterocycles. The van der Waals surface area contributed by atoms with E-state index in [0.29, 0.717) is 5.69 Å². The first-order chi connectivity index (χ1) is 8.99. The molecule has 2 rings (SSSR count). The fraction of sp³-hybridized carbons (Fsp3) is 0. The van der Waals surface area contributed by atoms with Crippen LogP contribution in [0.15, 0.2) is 30.3 Å². The third kappa shape index (κ3) is 3.14. The van der Waals surface area contributed by atoms with E-state index in [4.69, 9.17) is 28.5 Å². The van der Waals surface area contributed by atoms with Gasteiger partial charge < -0.3 is 5.32 Å². The first-order valence-electron chi connectivity index (χ1n) is 5.12. The Morgan fingerprint density at radius 2 is 1.53 bits per heavy atom. The highest BCUT2D eigenvalue weighted by Crippen LogP contribution is 2.34. The van der Waals surface area contributed by atoms with Crippen LogP contribution in [0.5, 0.6) is 0 Å². The molecule has 0 saturated heterocycles. The van der Waals surface area contributed by atoms with Crippen LogP contribution in [0.25, 0.3) is 0 Å². The van der Waals surface area contributed by atoms with Crippen LogP contribution in [-0.4, -0.2) is 0 Å². The fourth-order valence-electron chi connectivity index (χ4n) is 1.53. The van der Waals surface area contributed by atoms with Crippen LogP contribution in [-0.2, 0) is 0 Å². The van der Waals surface area contributed by atoms with Gasteiger partial charge in [-0.2, -0.15) is 5.26 Å². The van der Waals surface area contributed by atoms with Crippen LogP contribution in [0, 0.1) is 23.0 Å². The SMILES string of the molecule is N#Cc1cc(F)cc(Nc2c(Cl)cc(F)cc2Cl)c1. The second-order valence-electron chi connectivity index (χ2n) is 3.71. The Bertz CT molecular complexity index is 658. The smallest absolute Gasteiger partial charge is 0.126 e. The second kappa shape index (κ2) is 5.43. The van der Waals surface area contributed by atoms with Gasteiger partial charge in [-0.3, -0.25) is 0 Å². The quantitative estimate of drug-likeness (QED) is 0.857. The number of halogens is 4. The number of nitriles is 1. The van der Waals surface area contributed by atoms with Gasteiger partial charge in [-0.25, -0.2) is 8.78 Å². The lowest BCUT2D eigenvalue weighted by molar-refractivity contribution is 0.627. The number of benzene rings is 2. The molecule has 0 radical (unpaired) electrons. The van der Waals surface area contributed by atoms with Crippen molar-refractivity contribution in [2.24, 2.45) is 0 Å². The molecule has 6 heteroatoms. The third-order valence-electron chi connectivity index (χ3n) is 2.30. The maximum absolute atomic E-state index is 13.3. The van der Waals surface area contributed by atoms with Crippen LogP contribution in [0.4, 0.5) is 20.2 Å². The van der Waals surface area contributed by atoms with E-state index < -0.39 is 11.6 Å². The Morgan fingerprint density at radius 3 is 2.11 bits per heavy atom. The zero-order valence-corrected chi connectivity index (χ0v) is 10.9. The standard InChI is InChI=1S/C13H6Cl2F2N2/c14-11-4-9(17)5-12(15)13(11)19-10-2-7(6-18)1-8(16)3-10/h1-5,19H. The summed E-state index contributed by atoms with van der Waals surface area (Å²) < 4.78 is 26.3. The molecule has 0 spiro atoms. The van der Waals surface area contributed by atoms with Gasteiger partial charge >= 0.3 is 0 Å². The van der Waals surface area contributed by atoms with Crippen molar-refractivity contribution in [1.82, 2.24) is 0 Å². The summed E-state index contributed by atoms with van der Waals surface area (Å²) in [6.07, 6.45) is 0. The van der Waals surface area contributed by atoms with Gasteiger partial charge in [-0.05, 0) is 30.3 Å². The van der Waals surface area contributed by atoms with Gasteiger partial charge in [0.2, 0.25) is 0 Å². The first kappa shape index (κ1) is 13.6. The van der Waals surface area contributed by atoms with Crippen molar-refractivity contribution in [1.29, 1.82) is 5.26 Å². The van der Waals surface area contributed by atoms with Crippen molar-refractivity contribution in [3.05, 3.63) is 57.6 Å². The maximum atomic E-state index is 13.3. The van der Waals surface area contributed by atoms with Gasteiger partial charge in [-0.15, -0.1) is 0 Å². The molecule has 0 atom stereocenters. The number of anilines is 2. The molecule has 0 aliphatic heterocycles. The van der Waals surface area contributed by atoms with Gasteiger partial charge in [-0.1, -0.05) is 23.2 Å². The van der Waals surface area contributed by atoms with Crippen molar-refractivity contribution in [3.63, 3.8) is 0 Å². The summed E-state index contributed by atoms with van der Waals surface area (Å²) in [5.41, 5.74) is 0.697. The number of hydrogen-bond donors (Lipinski definition) is 1. The van der Waals surface area contributed by atoms with Crippen LogP contribution >= 0.6 is 23.2 Å². The molecule has 0 bridgehead atoms. The molecule has 0 aliphatic carbocycles. The lowest BCUT2D eigenvalue weighted by atomic mass is 10.2. The lowest BCUT2D eigenvalue weighted by Gasteiger charge is -2.11. The van der Waals surface area contributed by atoms with Crippen LogP contribution in [0.3, 0.4) is 0 Å². The summed E-state index contributed by atoms with van der Waals surface area (Å²) >= 11 is 11.7. The molecule has 1 N–H and O–H groups in total. The zero-order chi connectivity index (χ0) is 14.0. The summed E-state index contributed by atoms with van der Waals surface area (Å²) in [5.74, 6) is -1.14. The Balaban J connectivity index is 2.42. The first-order valence-corrected chi connectivity index (χ1v) is 5.87. The summed E-state index contributed by atoms with van der Waals surface area (Å²) in [4.78, 5) is 0. The largest absolute Gasteiger partial charge is 0.353 e. The molecule has 96 valence electrons. The Kier molecular flexibility index (Phi) is 3.89. The van der Waals surface area contributed by atoms with Crippen LogP contribution in [0.2, 0.25) is 10.0 Å². The van der Waals surface area contributed by atoms with E-state index in [1.165, 1.54) is 12.1 Å². The van der Waals surface area contributed by atoms with Gasteiger partial charge in [0.15, 0.2) is 0 Å². The van der Waals surface area contributed by atoms with Gasteiger partial charge in [0.25, 0.3) is 0 Å². The average Bonchev–Trinajstić information content (AvgIpc) is 2.33. The van der Waals surface area contributed by atoms with Gasteiger partial charge in [0, 0.05) is 5.69 Å². The van der Waals surface area contributed by atoms with E-state index in [0.717, 1.165) is 18.2 Å². The normalized spacial score (nSPS) is 10.1. The third-order valence-corrected chi connectivity index (χ3v) is 2.90. The molecule has 0 aliphatic rings. The highest BCUT2D eigenvalue weighted by Gasteiger charge is 2.10. The predicted molar refractivity (Wildman–Crippen MR) is 70.8 cm³/mol. The predicted octanol–water partition coefficient (Wildman–Crippen LogP) is 4.89. The second-order valence-corrected chi connectivity index (χ2v) is 4.52. The summed E-state index contributed by atoms with van der Waals surface area (Å²) in [6, 6.07) is 7.70. The van der Waals surface area contributed by atoms with Crippen molar-refractivity contribution in [2.45, 2.75) is 0 Å². The van der Waals surface area contributed by atoms with Crippen molar-refractivity contribution >= 4 is 34.6 Å². The Hall–Kier alpha value is -1.83. The van der Waals surface area contributed by atoms with Crippen molar-refractivity contribution in [2.75, 3.05) is 5.32 Å². The van der Waals surface area contributed by atoms with E-state index in [9.17, 15) is 8.78 Å². The van der Waals surface area contributed by atoms with Gasteiger partial charge in [0.05, 0.1) is 27.4 Å². The molecule has 2 aromatic rings. The highest BCUT2D eigenvalue weighted by molar-refractivity contribution is 6.39. The van der Waals surface area contributed by atoms with E-state index in [-0.39, 0.29) is 21.3 Å². The number of nitrogens with zero attached hydrogens (tertiary/aromatic N) is 1. The Morgan fingerprint density at radius 1 is 0.947 bits per heavy atom. The molecular weight excluding hydrogens is 293 g/mol. The van der Waals surface area contributed by atoms with Crippen molar-refractivity contribution in [3.8, 4) is 6.07 Å². The molecule has 0 fully saturated rings. The van der Waals surface area contributed by atoms with Gasteiger partial charge in [0.1, 0.15) is 11.6 Å². The molecule has 2 aromatic carbocycles. The lowest BCUT2D eigenvalue weighted by Crippen LogP contribution is -1.95. The Labute approximate surface area is 118 Å². The van der Waals surface area contributed by atoms with Crippen LogP contribution < -0.4 is 5.32 Å². The minimum Gasteiger partial charge on any atom is -0.353 e. The van der Waals surface area contributed by atoms with Crippen LogP contribution in [0.1, 0.15) is 5.56 Å². The molecular formula is C13H6Cl2F2N2. The highest BCUT2D eigenvalue weighted by atomic mass is 35.5. The van der Waals surface area contributed by atoms with E-state index >= 15 is 0 Å². The molecule has 19 heavy (non-hydrogen) atoms. The summed E-state index contributed by atoms with van der Waals surface area (Å²) in [7, 11) is 0. The summed E-state index contributed by atoms with van der Waals surface area (Å²) in [5, 5.41) is 11.6. The monoisotopic (exact) mass is 298 g/mol. The molecule has 0 saturated carbocycles. The number of nitrogens with one attached hydrogen (secondary N) is 1. The molecule has 0 amide bonds. The van der Waals surface area contributed by atoms with E-state index in [1.54, 1.807) is 0 Å². The fourth-order valence-corrected chi connectivity index (χ4v) is 2.09. The minimum absolute atomic E-state index is 0.0627. The van der Waals surface area contributed by atoms with E-state index in [2.05, 4.69) is 5.32 Å². The van der Waals surface area contributed by atoms with E-state index in [1.807, 2.05) is 6.07 Å².